The van der Waals surface area contributed by atoms with Crippen LogP contribution in [0.1, 0.15) is 55.6 Å². The maximum absolute atomic E-state index is 13.1. The zero-order chi connectivity index (χ0) is 21.9. The van der Waals surface area contributed by atoms with Crippen LogP contribution in [0, 0.1) is 23.7 Å². The molecule has 0 spiro atoms. The molecule has 5 nitrogen and oxygen atoms in total. The second kappa shape index (κ2) is 7.36. The van der Waals surface area contributed by atoms with Crippen molar-refractivity contribution in [3.05, 3.63) is 59.7 Å². The van der Waals surface area contributed by atoms with Crippen LogP contribution < -0.4 is 5.32 Å². The molecule has 4 bridgehead atoms. The van der Waals surface area contributed by atoms with Gasteiger partial charge in [0.15, 0.2) is 0 Å². The number of amides is 1. The van der Waals surface area contributed by atoms with Crippen LogP contribution in [0.15, 0.2) is 48.5 Å². The van der Waals surface area contributed by atoms with Crippen LogP contribution in [-0.2, 0) is 9.53 Å². The first-order valence-corrected chi connectivity index (χ1v) is 11.9. The molecule has 0 heterocycles. The van der Waals surface area contributed by atoms with Crippen LogP contribution >= 0.6 is 0 Å². The van der Waals surface area contributed by atoms with E-state index in [0.29, 0.717) is 11.8 Å². The third-order valence-corrected chi connectivity index (χ3v) is 8.72. The molecule has 2 N–H and O–H groups in total. The summed E-state index contributed by atoms with van der Waals surface area (Å²) in [6.07, 6.45) is 4.93. The predicted molar refractivity (Wildman–Crippen MR) is 120 cm³/mol. The highest BCUT2D eigenvalue weighted by Crippen LogP contribution is 2.59. The molecule has 32 heavy (non-hydrogen) atoms. The number of hydrogen-bond donors (Lipinski definition) is 2. The molecule has 0 saturated heterocycles. The summed E-state index contributed by atoms with van der Waals surface area (Å²) in [5, 5.41) is 12.8. The van der Waals surface area contributed by atoms with Gasteiger partial charge in [0.1, 0.15) is 6.61 Å². The summed E-state index contributed by atoms with van der Waals surface area (Å²) < 4.78 is 5.81. The van der Waals surface area contributed by atoms with Gasteiger partial charge in [-0.1, -0.05) is 48.5 Å². The van der Waals surface area contributed by atoms with Gasteiger partial charge in [0.2, 0.25) is 0 Å². The van der Waals surface area contributed by atoms with Crippen molar-refractivity contribution in [1.29, 1.82) is 0 Å². The number of rotatable bonds is 5. The van der Waals surface area contributed by atoms with E-state index in [1.807, 2.05) is 24.3 Å². The average Bonchev–Trinajstić information content (AvgIpc) is 3.09. The van der Waals surface area contributed by atoms with E-state index in [9.17, 15) is 14.7 Å². The minimum absolute atomic E-state index is 0.00192. The van der Waals surface area contributed by atoms with Crippen LogP contribution in [0.3, 0.4) is 0 Å². The van der Waals surface area contributed by atoms with Gasteiger partial charge in [0, 0.05) is 5.92 Å². The first kappa shape index (κ1) is 19.8. The molecule has 0 aliphatic heterocycles. The normalized spacial score (nSPS) is 31.8. The first-order chi connectivity index (χ1) is 15.5. The second-order valence-corrected chi connectivity index (χ2v) is 10.4. The quantitative estimate of drug-likeness (QED) is 0.683. The lowest BCUT2D eigenvalue weighted by Gasteiger charge is -2.60. The molecule has 5 heteroatoms. The number of nitrogens with one attached hydrogen (secondary N) is 1. The van der Waals surface area contributed by atoms with Gasteiger partial charge in [-0.2, -0.15) is 0 Å². The summed E-state index contributed by atoms with van der Waals surface area (Å²) in [4.78, 5) is 24.9. The summed E-state index contributed by atoms with van der Waals surface area (Å²) in [6.45, 7) is 0.254. The lowest BCUT2D eigenvalue weighted by atomic mass is 9.48. The molecule has 4 saturated carbocycles. The van der Waals surface area contributed by atoms with Gasteiger partial charge in [-0.05, 0) is 78.0 Å². The van der Waals surface area contributed by atoms with Crippen molar-refractivity contribution >= 4 is 12.1 Å². The minimum atomic E-state index is -0.837. The van der Waals surface area contributed by atoms with Gasteiger partial charge in [-0.25, -0.2) is 4.79 Å². The molecular formula is C27H29NO4. The summed E-state index contributed by atoms with van der Waals surface area (Å²) in [5.41, 5.74) is 4.08. The Morgan fingerprint density at radius 2 is 1.41 bits per heavy atom. The molecule has 0 unspecified atom stereocenters. The molecule has 166 valence electrons. The Labute approximate surface area is 188 Å². The van der Waals surface area contributed by atoms with Crippen LogP contribution in [0.25, 0.3) is 11.1 Å². The highest BCUT2D eigenvalue weighted by atomic mass is 16.5. The Morgan fingerprint density at radius 3 is 1.94 bits per heavy atom. The topological polar surface area (TPSA) is 75.6 Å². The van der Waals surface area contributed by atoms with E-state index < -0.39 is 17.6 Å². The number of carbonyl (C=O) groups excluding carboxylic acids is 1. The molecule has 0 atom stereocenters. The van der Waals surface area contributed by atoms with Crippen molar-refractivity contribution in [3.63, 3.8) is 0 Å². The van der Waals surface area contributed by atoms with Crippen molar-refractivity contribution in [2.45, 2.75) is 50.0 Å². The van der Waals surface area contributed by atoms with Gasteiger partial charge in [0.05, 0.1) is 12.0 Å². The number of fused-ring (bicyclic) bond motifs is 3. The summed E-state index contributed by atoms with van der Waals surface area (Å²) in [7, 11) is 0. The van der Waals surface area contributed by atoms with Gasteiger partial charge in [-0.3, -0.25) is 4.79 Å². The fourth-order valence-corrected chi connectivity index (χ4v) is 7.64. The molecule has 1 amide bonds. The molecule has 2 aromatic carbocycles. The molecule has 5 aliphatic carbocycles. The number of benzene rings is 2. The van der Waals surface area contributed by atoms with Crippen LogP contribution in [0.4, 0.5) is 4.79 Å². The molecule has 0 aromatic heterocycles. The van der Waals surface area contributed by atoms with E-state index in [2.05, 4.69) is 29.6 Å². The number of ether oxygens (including phenoxy) is 1. The largest absolute Gasteiger partial charge is 0.481 e. The average molecular weight is 432 g/mol. The predicted octanol–water partition coefficient (Wildman–Crippen LogP) is 5.19. The number of alkyl carbamates (subject to hydrolysis) is 1. The van der Waals surface area contributed by atoms with Crippen molar-refractivity contribution in [2.24, 2.45) is 23.7 Å². The highest BCUT2D eigenvalue weighted by molar-refractivity contribution is 5.79. The first-order valence-electron chi connectivity index (χ1n) is 11.9. The lowest BCUT2D eigenvalue weighted by molar-refractivity contribution is -0.145. The Morgan fingerprint density at radius 1 is 0.875 bits per heavy atom. The van der Waals surface area contributed by atoms with Gasteiger partial charge in [0.25, 0.3) is 0 Å². The maximum atomic E-state index is 13.1. The smallest absolute Gasteiger partial charge is 0.407 e. The Balaban J connectivity index is 1.21. The van der Waals surface area contributed by atoms with Crippen LogP contribution in [0.2, 0.25) is 0 Å². The summed E-state index contributed by atoms with van der Waals surface area (Å²) in [5.74, 6) is 1.05. The standard InChI is InChI=1S/C27H29NO4/c29-25(30)14-27(18-10-16-9-17(12-18)13-19(27)11-16)28-26(31)32-15-24-22-7-3-1-5-20(22)21-6-2-4-8-23(21)24/h1-8,16-19,24H,9-15H2,(H,28,31)(H,29,30). The van der Waals surface area contributed by atoms with E-state index in [0.717, 1.165) is 25.7 Å². The second-order valence-electron chi connectivity index (χ2n) is 10.4. The third-order valence-electron chi connectivity index (χ3n) is 8.72. The highest BCUT2D eigenvalue weighted by Gasteiger charge is 2.58. The van der Waals surface area contributed by atoms with Crippen molar-refractivity contribution < 1.29 is 19.4 Å². The number of carbonyl (C=O) groups is 2. The molecular weight excluding hydrogens is 402 g/mol. The van der Waals surface area contributed by atoms with Crippen molar-refractivity contribution in [1.82, 2.24) is 5.32 Å². The van der Waals surface area contributed by atoms with Gasteiger partial charge < -0.3 is 15.2 Å². The Hall–Kier alpha value is -2.82. The Kier molecular flexibility index (Phi) is 4.56. The third kappa shape index (κ3) is 3.05. The number of hydrogen-bond acceptors (Lipinski definition) is 3. The summed E-state index contributed by atoms with van der Waals surface area (Å²) >= 11 is 0. The van der Waals surface area contributed by atoms with Gasteiger partial charge >= 0.3 is 12.1 Å². The maximum Gasteiger partial charge on any atom is 0.407 e. The van der Waals surface area contributed by atoms with Crippen molar-refractivity contribution in [2.75, 3.05) is 6.61 Å². The monoisotopic (exact) mass is 431 g/mol. The van der Waals surface area contributed by atoms with E-state index in [4.69, 9.17) is 4.74 Å². The number of aliphatic carboxylic acids is 1. The van der Waals surface area contributed by atoms with Crippen LogP contribution in [0.5, 0.6) is 0 Å². The fraction of sp³-hybridized carbons (Fsp3) is 0.481. The minimum Gasteiger partial charge on any atom is -0.481 e. The summed E-state index contributed by atoms with van der Waals surface area (Å²) in [6, 6.07) is 16.6. The van der Waals surface area contributed by atoms with Crippen LogP contribution in [-0.4, -0.2) is 29.3 Å². The van der Waals surface area contributed by atoms with E-state index in [-0.39, 0.29) is 30.8 Å². The van der Waals surface area contributed by atoms with E-state index in [1.54, 1.807) is 0 Å². The zero-order valence-corrected chi connectivity index (χ0v) is 18.1. The van der Waals surface area contributed by atoms with Gasteiger partial charge in [-0.15, -0.1) is 0 Å². The fourth-order valence-electron chi connectivity index (χ4n) is 7.64. The molecule has 0 radical (unpaired) electrons. The molecule has 5 aliphatic rings. The van der Waals surface area contributed by atoms with E-state index >= 15 is 0 Å². The van der Waals surface area contributed by atoms with E-state index in [1.165, 1.54) is 28.7 Å². The SMILES string of the molecule is O=C(O)CC1(NC(=O)OCC2c3ccccc3-c3ccccc32)C2CC3CC(C2)CC1C3. The Bertz CT molecular complexity index is 1000. The number of carboxylic acids is 1. The lowest BCUT2D eigenvalue weighted by Crippen LogP contribution is -2.66. The molecule has 2 aromatic rings. The zero-order valence-electron chi connectivity index (χ0n) is 18.1. The van der Waals surface area contributed by atoms with Crippen molar-refractivity contribution in [3.8, 4) is 11.1 Å². The molecule has 7 rings (SSSR count). The molecule has 4 fully saturated rings. The number of carboxylic acid groups (broad SMARTS) is 1.